The maximum Gasteiger partial charge on any atom is 0.329 e. The van der Waals surface area contributed by atoms with Gasteiger partial charge in [0.2, 0.25) is 12.2 Å². The van der Waals surface area contributed by atoms with Gasteiger partial charge < -0.3 is 14.2 Å². The second-order valence-corrected chi connectivity index (χ2v) is 8.15. The molecule has 3 aromatic rings. The minimum absolute atomic E-state index is 0.214. The Morgan fingerprint density at radius 3 is 2.00 bits per heavy atom. The predicted molar refractivity (Wildman–Crippen MR) is 139 cm³/mol. The van der Waals surface area contributed by atoms with Crippen LogP contribution in [0.3, 0.4) is 0 Å². The first-order chi connectivity index (χ1) is 18.8. The quantitative estimate of drug-likeness (QED) is 0.321. The lowest BCUT2D eigenvalue weighted by molar-refractivity contribution is -0.0317. The van der Waals surface area contributed by atoms with E-state index < -0.39 is 5.85 Å². The Kier molecular flexibility index (Phi) is 7.85. The Morgan fingerprint density at radius 2 is 1.38 bits per heavy atom. The van der Waals surface area contributed by atoms with Gasteiger partial charge in [-0.3, -0.25) is 0 Å². The zero-order valence-corrected chi connectivity index (χ0v) is 21.0. The van der Waals surface area contributed by atoms with Crippen molar-refractivity contribution in [2.75, 3.05) is 0 Å². The van der Waals surface area contributed by atoms with E-state index in [1.165, 1.54) is 37.3 Å². The minimum Gasteiger partial charge on any atom is -0.446 e. The first-order valence-electron chi connectivity index (χ1n) is 11.4. The number of para-hydroxylation sites is 1. The molecule has 1 atom stereocenters. The first-order valence-corrected chi connectivity index (χ1v) is 11.4. The SMILES string of the molecule is Cc1ccc(OC2=NC(C)(Oc3ccc(C)c(N=C=O)c3)N(N=C=O)C(Oc3ccccc3)=N2)cc1N=C=O. The molecule has 0 saturated heterocycles. The van der Waals surface area contributed by atoms with Gasteiger partial charge in [-0.1, -0.05) is 35.4 Å². The second-order valence-electron chi connectivity index (χ2n) is 8.15. The van der Waals surface area contributed by atoms with Crippen LogP contribution in [0.5, 0.6) is 17.2 Å². The maximum atomic E-state index is 11.4. The number of isocyanates is 3. The number of aryl methyl sites for hydroxylation is 2. The predicted octanol–water partition coefficient (Wildman–Crippen LogP) is 4.73. The minimum atomic E-state index is -1.79. The van der Waals surface area contributed by atoms with Crippen molar-refractivity contribution in [3.8, 4) is 17.2 Å². The first kappa shape index (κ1) is 26.4. The van der Waals surface area contributed by atoms with Gasteiger partial charge in [0.25, 0.3) is 6.08 Å². The van der Waals surface area contributed by atoms with Crippen LogP contribution < -0.4 is 14.2 Å². The molecule has 39 heavy (non-hydrogen) atoms. The van der Waals surface area contributed by atoms with E-state index in [4.69, 9.17) is 14.2 Å². The van der Waals surface area contributed by atoms with Crippen molar-refractivity contribution in [2.45, 2.75) is 26.6 Å². The van der Waals surface area contributed by atoms with Gasteiger partial charge in [0, 0.05) is 19.1 Å². The molecule has 1 heterocycles. The molecular formula is C27H20N6O6. The highest BCUT2D eigenvalue weighted by Gasteiger charge is 2.43. The molecule has 0 spiro atoms. The van der Waals surface area contributed by atoms with Crippen LogP contribution in [0.15, 0.2) is 91.8 Å². The standard InChI is InChI=1S/C27H20N6O6/c1-18-9-11-21(13-23(18)28-15-34)37-25-31-26(38-20-7-5-4-6-8-20)33(30-17-36)27(3,32-25)39-22-12-10-19(2)24(14-22)29-16-35/h4-14H,1-3H3. The Hall–Kier alpha value is -5.66. The van der Waals surface area contributed by atoms with Crippen LogP contribution in [0.25, 0.3) is 0 Å². The molecule has 12 nitrogen and oxygen atoms in total. The molecule has 0 aromatic heterocycles. The van der Waals surface area contributed by atoms with Gasteiger partial charge in [0.1, 0.15) is 17.2 Å². The number of amidine groups is 2. The molecule has 0 amide bonds. The molecule has 0 aliphatic carbocycles. The average molecular weight is 524 g/mol. The zero-order chi connectivity index (χ0) is 27.8. The van der Waals surface area contributed by atoms with E-state index in [-0.39, 0.29) is 23.5 Å². The van der Waals surface area contributed by atoms with Crippen molar-refractivity contribution >= 4 is 41.7 Å². The molecule has 12 heteroatoms. The van der Waals surface area contributed by atoms with Gasteiger partial charge in [-0.2, -0.15) is 15.0 Å². The molecule has 0 N–H and O–H groups in total. The Bertz CT molecular complexity index is 1600. The fourth-order valence-electron chi connectivity index (χ4n) is 3.48. The van der Waals surface area contributed by atoms with Crippen molar-refractivity contribution < 1.29 is 28.6 Å². The Morgan fingerprint density at radius 1 is 0.769 bits per heavy atom. The van der Waals surface area contributed by atoms with Gasteiger partial charge in [0.05, 0.1) is 11.4 Å². The van der Waals surface area contributed by atoms with Crippen LogP contribution in [-0.2, 0) is 14.4 Å². The van der Waals surface area contributed by atoms with Gasteiger partial charge >= 0.3 is 17.9 Å². The monoisotopic (exact) mass is 524 g/mol. The molecule has 194 valence electrons. The third-order valence-electron chi connectivity index (χ3n) is 5.38. The maximum absolute atomic E-state index is 11.4. The van der Waals surface area contributed by atoms with Gasteiger partial charge in [-0.05, 0) is 49.2 Å². The molecule has 1 aliphatic rings. The molecule has 0 fully saturated rings. The number of rotatable bonds is 7. The van der Waals surface area contributed by atoms with Crippen LogP contribution in [0.4, 0.5) is 11.4 Å². The van der Waals surface area contributed by atoms with E-state index in [2.05, 4.69) is 25.1 Å². The van der Waals surface area contributed by atoms with Crippen LogP contribution in [0.2, 0.25) is 0 Å². The zero-order valence-electron chi connectivity index (χ0n) is 21.0. The lowest BCUT2D eigenvalue weighted by Crippen LogP contribution is -2.54. The number of nitrogens with zero attached hydrogens (tertiary/aromatic N) is 6. The summed E-state index contributed by atoms with van der Waals surface area (Å²) in [7, 11) is 0. The van der Waals surface area contributed by atoms with Crippen LogP contribution in [0, 0.1) is 13.8 Å². The van der Waals surface area contributed by atoms with E-state index in [9.17, 15) is 14.4 Å². The molecule has 0 saturated carbocycles. The third-order valence-corrected chi connectivity index (χ3v) is 5.38. The number of ether oxygens (including phenoxy) is 3. The van der Waals surface area contributed by atoms with Crippen molar-refractivity contribution in [3.05, 3.63) is 77.9 Å². The average Bonchev–Trinajstić information content (AvgIpc) is 2.91. The van der Waals surface area contributed by atoms with Gasteiger partial charge in [0.15, 0.2) is 0 Å². The number of benzene rings is 3. The lowest BCUT2D eigenvalue weighted by atomic mass is 10.2. The molecule has 0 radical (unpaired) electrons. The van der Waals surface area contributed by atoms with Crippen LogP contribution in [0.1, 0.15) is 18.1 Å². The topological polar surface area (TPSA) is 144 Å². The largest absolute Gasteiger partial charge is 0.446 e. The van der Waals surface area contributed by atoms with Crippen molar-refractivity contribution in [1.82, 2.24) is 5.01 Å². The van der Waals surface area contributed by atoms with Gasteiger partial charge in [-0.15, -0.1) is 10.0 Å². The smallest absolute Gasteiger partial charge is 0.329 e. The number of carbonyl (C=O) groups excluding carboxylic acids is 3. The highest BCUT2D eigenvalue weighted by molar-refractivity contribution is 5.93. The fraction of sp³-hybridized carbons (Fsp3) is 0.148. The summed E-state index contributed by atoms with van der Waals surface area (Å²) in [6.07, 6.45) is 4.46. The molecule has 0 bridgehead atoms. The summed E-state index contributed by atoms with van der Waals surface area (Å²) in [4.78, 5) is 49.1. The summed E-state index contributed by atoms with van der Waals surface area (Å²) in [5, 5.41) is 4.70. The summed E-state index contributed by atoms with van der Waals surface area (Å²) < 4.78 is 17.9. The summed E-state index contributed by atoms with van der Waals surface area (Å²) in [6, 6.07) is 17.8. The van der Waals surface area contributed by atoms with Crippen molar-refractivity contribution in [2.24, 2.45) is 25.1 Å². The second kappa shape index (κ2) is 11.6. The fourth-order valence-corrected chi connectivity index (χ4v) is 3.48. The van der Waals surface area contributed by atoms with Crippen molar-refractivity contribution in [3.63, 3.8) is 0 Å². The molecule has 1 aliphatic heterocycles. The van der Waals surface area contributed by atoms with E-state index in [1.807, 2.05) is 0 Å². The molecule has 3 aromatic carbocycles. The number of hydrogen-bond acceptors (Lipinski definition) is 12. The van der Waals surface area contributed by atoms with Crippen molar-refractivity contribution in [1.29, 1.82) is 0 Å². The van der Waals surface area contributed by atoms with Crippen LogP contribution >= 0.6 is 0 Å². The highest BCUT2D eigenvalue weighted by atomic mass is 16.6. The Balaban J connectivity index is 1.80. The molecular weight excluding hydrogens is 504 g/mol. The van der Waals surface area contributed by atoms with E-state index in [1.54, 1.807) is 68.4 Å². The summed E-state index contributed by atoms with van der Waals surface area (Å²) in [5.41, 5.74) is 2.10. The summed E-state index contributed by atoms with van der Waals surface area (Å²) in [5.74, 6) is -0.930. The third kappa shape index (κ3) is 6.19. The summed E-state index contributed by atoms with van der Waals surface area (Å²) >= 11 is 0. The van der Waals surface area contributed by atoms with Crippen LogP contribution in [-0.4, -0.2) is 41.1 Å². The Labute approximate surface area is 222 Å². The normalized spacial score (nSPS) is 15.9. The number of aliphatic imine (C=N–C) groups is 4. The van der Waals surface area contributed by atoms with E-state index in [0.29, 0.717) is 22.7 Å². The highest BCUT2D eigenvalue weighted by Crippen LogP contribution is 2.32. The number of hydrazone groups is 1. The molecule has 1 unspecified atom stereocenters. The van der Waals surface area contributed by atoms with Gasteiger partial charge in [-0.25, -0.2) is 14.4 Å². The van der Waals surface area contributed by atoms with E-state index >= 15 is 0 Å². The lowest BCUT2D eigenvalue weighted by Gasteiger charge is -2.36. The molecule has 4 rings (SSSR count). The summed E-state index contributed by atoms with van der Waals surface area (Å²) in [6.45, 7) is 5.02. The number of hydrogen-bond donors (Lipinski definition) is 0. The van der Waals surface area contributed by atoms with E-state index in [0.717, 1.165) is 10.6 Å².